The van der Waals surface area contributed by atoms with Crippen molar-refractivity contribution < 1.29 is 5.11 Å². The van der Waals surface area contributed by atoms with Crippen molar-refractivity contribution in [3.8, 4) is 0 Å². The summed E-state index contributed by atoms with van der Waals surface area (Å²) < 4.78 is 0. The van der Waals surface area contributed by atoms with Crippen LogP contribution in [0, 0.1) is 0 Å². The van der Waals surface area contributed by atoms with Crippen LogP contribution in [0.3, 0.4) is 0 Å². The molecule has 1 aromatic heterocycles. The van der Waals surface area contributed by atoms with Crippen molar-refractivity contribution in [3.05, 3.63) is 39.8 Å². The van der Waals surface area contributed by atoms with Gasteiger partial charge in [0.2, 0.25) is 0 Å². The number of rotatable bonds is 5. The van der Waals surface area contributed by atoms with Crippen molar-refractivity contribution in [2.45, 2.75) is 49.1 Å². The molecular formula is C15H18Cl2N2OS. The van der Waals surface area contributed by atoms with Gasteiger partial charge in [0.1, 0.15) is 17.0 Å². The third-order valence-corrected chi connectivity index (χ3v) is 4.46. The predicted molar refractivity (Wildman–Crippen MR) is 88.5 cm³/mol. The molecule has 0 aliphatic carbocycles. The molecule has 1 atom stereocenters. The van der Waals surface area contributed by atoms with E-state index in [9.17, 15) is 5.11 Å². The number of nitrogens with zero attached hydrogens (tertiary/aromatic N) is 1. The van der Waals surface area contributed by atoms with E-state index in [4.69, 9.17) is 23.2 Å². The minimum atomic E-state index is -0.570. The van der Waals surface area contributed by atoms with E-state index in [-0.39, 0.29) is 5.92 Å². The number of benzene rings is 1. The molecule has 1 unspecified atom stereocenters. The number of imidazole rings is 1. The average Bonchev–Trinajstić information content (AvgIpc) is 2.80. The van der Waals surface area contributed by atoms with Gasteiger partial charge in [0, 0.05) is 14.9 Å². The molecular weight excluding hydrogens is 327 g/mol. The van der Waals surface area contributed by atoms with Gasteiger partial charge < -0.3 is 10.1 Å². The maximum atomic E-state index is 9.96. The fraction of sp³-hybridized carbons (Fsp3) is 0.400. The standard InChI is InChI=1S/C15H18Cl2N2OS/c1-4-12(20)14-18-13(8(2)3)15(19-14)21-11-6-9(16)5-10(17)7-11/h5-8,12,20H,4H2,1-3H3,(H,18,19). The Morgan fingerprint density at radius 3 is 2.38 bits per heavy atom. The van der Waals surface area contributed by atoms with E-state index < -0.39 is 6.10 Å². The Bertz CT molecular complexity index is 608. The fourth-order valence-electron chi connectivity index (χ4n) is 1.91. The van der Waals surface area contributed by atoms with Crippen LogP contribution in [0.25, 0.3) is 0 Å². The fourth-order valence-corrected chi connectivity index (χ4v) is 3.70. The molecule has 0 aliphatic rings. The third kappa shape index (κ3) is 4.16. The molecule has 0 saturated carbocycles. The average molecular weight is 345 g/mol. The molecule has 0 bridgehead atoms. The van der Waals surface area contributed by atoms with Crippen LogP contribution in [0.4, 0.5) is 0 Å². The van der Waals surface area contributed by atoms with Crippen LogP contribution in [-0.4, -0.2) is 15.1 Å². The number of halogens is 2. The predicted octanol–water partition coefficient (Wildman–Crippen LogP) is 5.43. The molecule has 21 heavy (non-hydrogen) atoms. The number of H-pyrrole nitrogens is 1. The van der Waals surface area contributed by atoms with Gasteiger partial charge in [-0.25, -0.2) is 4.98 Å². The van der Waals surface area contributed by atoms with Gasteiger partial charge in [-0.3, -0.25) is 0 Å². The molecule has 114 valence electrons. The van der Waals surface area contributed by atoms with Crippen LogP contribution in [-0.2, 0) is 0 Å². The van der Waals surface area contributed by atoms with Crippen molar-refractivity contribution in [2.24, 2.45) is 0 Å². The van der Waals surface area contributed by atoms with Crippen LogP contribution in [0.15, 0.2) is 28.1 Å². The number of nitrogens with one attached hydrogen (secondary N) is 1. The molecule has 2 aromatic rings. The highest BCUT2D eigenvalue weighted by Crippen LogP contribution is 2.36. The van der Waals surface area contributed by atoms with Crippen LogP contribution >= 0.6 is 35.0 Å². The van der Waals surface area contributed by atoms with Crippen LogP contribution < -0.4 is 0 Å². The Morgan fingerprint density at radius 1 is 1.24 bits per heavy atom. The lowest BCUT2D eigenvalue weighted by Crippen LogP contribution is -1.98. The highest BCUT2D eigenvalue weighted by atomic mass is 35.5. The van der Waals surface area contributed by atoms with Gasteiger partial charge in [0.05, 0.1) is 5.69 Å². The normalized spacial score (nSPS) is 12.9. The first-order valence-corrected chi connectivity index (χ1v) is 8.39. The molecule has 0 amide bonds. The van der Waals surface area contributed by atoms with Gasteiger partial charge in [-0.2, -0.15) is 0 Å². The third-order valence-electron chi connectivity index (χ3n) is 3.05. The molecule has 0 fully saturated rings. The molecule has 2 N–H and O–H groups in total. The van der Waals surface area contributed by atoms with E-state index in [0.717, 1.165) is 15.6 Å². The first-order valence-electron chi connectivity index (χ1n) is 6.82. The lowest BCUT2D eigenvalue weighted by molar-refractivity contribution is 0.164. The second kappa shape index (κ2) is 7.05. The summed E-state index contributed by atoms with van der Waals surface area (Å²) in [5.74, 6) is 0.893. The van der Waals surface area contributed by atoms with E-state index in [1.54, 1.807) is 6.07 Å². The summed E-state index contributed by atoms with van der Waals surface area (Å²) in [5, 5.41) is 12.0. The zero-order valence-electron chi connectivity index (χ0n) is 12.2. The smallest absolute Gasteiger partial charge is 0.136 e. The lowest BCUT2D eigenvalue weighted by atomic mass is 10.1. The Labute approximate surface area is 139 Å². The summed E-state index contributed by atoms with van der Waals surface area (Å²) in [6.07, 6.45) is 0.0535. The second-order valence-corrected chi connectivity index (χ2v) is 7.06. The number of aromatic amines is 1. The lowest BCUT2D eigenvalue weighted by Gasteiger charge is -2.06. The maximum absolute atomic E-state index is 9.96. The Balaban J connectivity index is 2.35. The summed E-state index contributed by atoms with van der Waals surface area (Å²) in [7, 11) is 0. The van der Waals surface area contributed by atoms with Crippen molar-refractivity contribution >= 4 is 35.0 Å². The second-order valence-electron chi connectivity index (χ2n) is 5.13. The molecule has 6 heteroatoms. The van der Waals surface area contributed by atoms with Gasteiger partial charge >= 0.3 is 0 Å². The van der Waals surface area contributed by atoms with E-state index in [1.165, 1.54) is 11.8 Å². The Morgan fingerprint density at radius 2 is 1.86 bits per heavy atom. The number of hydrogen-bond acceptors (Lipinski definition) is 3. The summed E-state index contributed by atoms with van der Waals surface area (Å²) in [5.41, 5.74) is 1.01. The molecule has 3 nitrogen and oxygen atoms in total. The van der Waals surface area contributed by atoms with Crippen molar-refractivity contribution in [1.82, 2.24) is 9.97 Å². The van der Waals surface area contributed by atoms with Gasteiger partial charge in [0.15, 0.2) is 0 Å². The minimum Gasteiger partial charge on any atom is -0.385 e. The summed E-state index contributed by atoms with van der Waals surface area (Å²) in [6, 6.07) is 5.41. The number of aromatic nitrogens is 2. The SMILES string of the molecule is CCC(O)c1nc(Sc2cc(Cl)cc(Cl)c2)c(C(C)C)[nH]1. The summed E-state index contributed by atoms with van der Waals surface area (Å²) in [6.45, 7) is 6.10. The van der Waals surface area contributed by atoms with Crippen LogP contribution in [0.5, 0.6) is 0 Å². The van der Waals surface area contributed by atoms with Crippen molar-refractivity contribution in [2.75, 3.05) is 0 Å². The van der Waals surface area contributed by atoms with E-state index in [2.05, 4.69) is 23.8 Å². The van der Waals surface area contributed by atoms with Crippen LogP contribution in [0.1, 0.15) is 50.7 Å². The molecule has 0 saturated heterocycles. The molecule has 0 spiro atoms. The van der Waals surface area contributed by atoms with Crippen molar-refractivity contribution in [1.29, 1.82) is 0 Å². The van der Waals surface area contributed by atoms with E-state index in [0.29, 0.717) is 22.3 Å². The largest absolute Gasteiger partial charge is 0.385 e. The first kappa shape index (κ1) is 16.7. The quantitative estimate of drug-likeness (QED) is 0.759. The Hall–Kier alpha value is -0.680. The zero-order valence-corrected chi connectivity index (χ0v) is 14.5. The number of aliphatic hydroxyl groups excluding tert-OH is 1. The number of aliphatic hydroxyl groups is 1. The van der Waals surface area contributed by atoms with Gasteiger partial charge in [-0.1, -0.05) is 55.7 Å². The summed E-state index contributed by atoms with van der Waals surface area (Å²) >= 11 is 13.6. The zero-order chi connectivity index (χ0) is 15.6. The van der Waals surface area contributed by atoms with E-state index >= 15 is 0 Å². The molecule has 2 rings (SSSR count). The van der Waals surface area contributed by atoms with E-state index in [1.807, 2.05) is 19.1 Å². The Kier molecular flexibility index (Phi) is 5.60. The van der Waals surface area contributed by atoms with Gasteiger partial charge in [0.25, 0.3) is 0 Å². The van der Waals surface area contributed by atoms with Crippen molar-refractivity contribution in [3.63, 3.8) is 0 Å². The minimum absolute atomic E-state index is 0.285. The topological polar surface area (TPSA) is 48.9 Å². The molecule has 1 heterocycles. The number of hydrogen-bond donors (Lipinski definition) is 2. The molecule has 0 aliphatic heterocycles. The van der Waals surface area contributed by atoms with Gasteiger partial charge in [-0.05, 0) is 30.5 Å². The van der Waals surface area contributed by atoms with Crippen LogP contribution in [0.2, 0.25) is 10.0 Å². The van der Waals surface area contributed by atoms with Gasteiger partial charge in [-0.15, -0.1) is 0 Å². The highest BCUT2D eigenvalue weighted by Gasteiger charge is 2.18. The molecule has 0 radical (unpaired) electrons. The first-order chi connectivity index (χ1) is 9.90. The highest BCUT2D eigenvalue weighted by molar-refractivity contribution is 7.99. The summed E-state index contributed by atoms with van der Waals surface area (Å²) in [4.78, 5) is 8.69. The monoisotopic (exact) mass is 344 g/mol. The maximum Gasteiger partial charge on any atom is 0.136 e. The molecule has 1 aromatic carbocycles.